The van der Waals surface area contributed by atoms with E-state index in [1.54, 1.807) is 37.2 Å². The molecule has 3 rings (SSSR count). The summed E-state index contributed by atoms with van der Waals surface area (Å²) in [5, 5.41) is 9.92. The Morgan fingerprint density at radius 3 is 2.41 bits per heavy atom. The van der Waals surface area contributed by atoms with Crippen LogP contribution in [0.1, 0.15) is 11.3 Å². The van der Waals surface area contributed by atoms with Gasteiger partial charge >= 0.3 is 6.18 Å². The molecule has 142 valence electrons. The zero-order valence-electron chi connectivity index (χ0n) is 14.5. The van der Waals surface area contributed by atoms with Crippen LogP contribution in [0.25, 0.3) is 11.0 Å². The molecule has 0 aliphatic carbocycles. The number of fused-ring (bicyclic) bond motifs is 1. The minimum absolute atomic E-state index is 0.0584. The Balaban J connectivity index is 2.25. The second kappa shape index (κ2) is 6.96. The standard InChI is InChI=1S/C19H16F3NO4/c1-23(2)10-11-8-15-13(9-14(11)24)16(25)17(18(27-15)19(20,21)22)26-12-6-4-3-5-7-12/h3-9,24H,10H2,1-2H3. The van der Waals surface area contributed by atoms with Crippen LogP contribution in [0.4, 0.5) is 13.2 Å². The number of para-hydroxylation sites is 1. The zero-order chi connectivity index (χ0) is 19.8. The number of hydrogen-bond acceptors (Lipinski definition) is 5. The third-order valence-corrected chi connectivity index (χ3v) is 3.76. The van der Waals surface area contributed by atoms with E-state index in [1.165, 1.54) is 18.2 Å². The van der Waals surface area contributed by atoms with Crippen LogP contribution in [0.2, 0.25) is 0 Å². The number of benzene rings is 2. The molecule has 0 aliphatic rings. The first kappa shape index (κ1) is 18.8. The smallest absolute Gasteiger partial charge is 0.453 e. The molecule has 0 bridgehead atoms. The molecule has 0 atom stereocenters. The van der Waals surface area contributed by atoms with E-state index in [-0.39, 0.29) is 29.0 Å². The van der Waals surface area contributed by atoms with Gasteiger partial charge in [-0.2, -0.15) is 13.2 Å². The summed E-state index contributed by atoms with van der Waals surface area (Å²) in [4.78, 5) is 14.4. The molecule has 0 saturated carbocycles. The van der Waals surface area contributed by atoms with Gasteiger partial charge in [0.15, 0.2) is 0 Å². The van der Waals surface area contributed by atoms with Gasteiger partial charge in [-0.1, -0.05) is 18.2 Å². The third kappa shape index (κ3) is 3.90. The van der Waals surface area contributed by atoms with Gasteiger partial charge in [0, 0.05) is 12.1 Å². The van der Waals surface area contributed by atoms with E-state index >= 15 is 0 Å². The molecule has 0 amide bonds. The van der Waals surface area contributed by atoms with Crippen molar-refractivity contribution < 1.29 is 27.4 Å². The number of rotatable bonds is 4. The largest absolute Gasteiger partial charge is 0.508 e. The normalized spacial score (nSPS) is 11.9. The van der Waals surface area contributed by atoms with Gasteiger partial charge in [0.2, 0.25) is 11.2 Å². The number of aromatic hydroxyl groups is 1. The molecule has 0 saturated heterocycles. The van der Waals surface area contributed by atoms with Crippen LogP contribution in [0.5, 0.6) is 17.2 Å². The number of ether oxygens (including phenoxy) is 1. The van der Waals surface area contributed by atoms with Crippen LogP contribution in [0, 0.1) is 0 Å². The lowest BCUT2D eigenvalue weighted by Gasteiger charge is -2.15. The maximum atomic E-state index is 13.5. The number of nitrogens with zero attached hydrogens (tertiary/aromatic N) is 1. The van der Waals surface area contributed by atoms with Crippen molar-refractivity contribution in [2.45, 2.75) is 12.7 Å². The van der Waals surface area contributed by atoms with E-state index in [0.29, 0.717) is 5.56 Å². The molecule has 0 aliphatic heterocycles. The highest BCUT2D eigenvalue weighted by Crippen LogP contribution is 2.39. The maximum Gasteiger partial charge on any atom is 0.453 e. The fourth-order valence-electron chi connectivity index (χ4n) is 2.61. The van der Waals surface area contributed by atoms with Crippen LogP contribution >= 0.6 is 0 Å². The first-order chi connectivity index (χ1) is 12.7. The van der Waals surface area contributed by atoms with Crippen LogP contribution in [0.3, 0.4) is 0 Å². The quantitative estimate of drug-likeness (QED) is 0.729. The second-order valence-electron chi connectivity index (χ2n) is 6.22. The van der Waals surface area contributed by atoms with Gasteiger partial charge in [0.05, 0.1) is 5.39 Å². The summed E-state index contributed by atoms with van der Waals surface area (Å²) in [6.45, 7) is 0.259. The fourth-order valence-corrected chi connectivity index (χ4v) is 2.61. The van der Waals surface area contributed by atoms with E-state index in [4.69, 9.17) is 9.15 Å². The van der Waals surface area contributed by atoms with E-state index in [2.05, 4.69) is 0 Å². The molecule has 3 aromatic rings. The van der Waals surface area contributed by atoms with Gasteiger partial charge in [-0.15, -0.1) is 0 Å². The van der Waals surface area contributed by atoms with Crippen molar-refractivity contribution in [1.29, 1.82) is 0 Å². The predicted molar refractivity (Wildman–Crippen MR) is 93.1 cm³/mol. The van der Waals surface area contributed by atoms with Crippen molar-refractivity contribution in [3.05, 3.63) is 64.0 Å². The first-order valence-corrected chi connectivity index (χ1v) is 7.94. The molecule has 1 N–H and O–H groups in total. The minimum Gasteiger partial charge on any atom is -0.508 e. The first-order valence-electron chi connectivity index (χ1n) is 7.94. The number of phenols is 1. The Bertz CT molecular complexity index is 1030. The molecule has 1 aromatic heterocycles. The van der Waals surface area contributed by atoms with Crippen LogP contribution in [-0.2, 0) is 12.7 Å². The van der Waals surface area contributed by atoms with Gasteiger partial charge in [0.1, 0.15) is 17.1 Å². The number of alkyl halides is 3. The summed E-state index contributed by atoms with van der Waals surface area (Å²) in [7, 11) is 3.47. The molecule has 1 heterocycles. The molecule has 0 unspecified atom stereocenters. The Labute approximate surface area is 152 Å². The number of halogens is 3. The van der Waals surface area contributed by atoms with Crippen molar-refractivity contribution in [3.63, 3.8) is 0 Å². The fraction of sp³-hybridized carbons (Fsp3) is 0.211. The Kier molecular flexibility index (Phi) is 4.84. The summed E-state index contributed by atoms with van der Waals surface area (Å²) >= 11 is 0. The molecule has 2 aromatic carbocycles. The van der Waals surface area contributed by atoms with Gasteiger partial charge in [0.25, 0.3) is 5.76 Å². The molecule has 8 heteroatoms. The van der Waals surface area contributed by atoms with Gasteiger partial charge < -0.3 is 19.2 Å². The maximum absolute atomic E-state index is 13.5. The monoisotopic (exact) mass is 379 g/mol. The third-order valence-electron chi connectivity index (χ3n) is 3.76. The Morgan fingerprint density at radius 2 is 1.81 bits per heavy atom. The van der Waals surface area contributed by atoms with Crippen LogP contribution < -0.4 is 10.2 Å². The molecule has 27 heavy (non-hydrogen) atoms. The van der Waals surface area contributed by atoms with Crippen LogP contribution in [-0.4, -0.2) is 24.1 Å². The van der Waals surface area contributed by atoms with Crippen molar-refractivity contribution in [2.75, 3.05) is 14.1 Å². The van der Waals surface area contributed by atoms with Crippen molar-refractivity contribution in [3.8, 4) is 17.2 Å². The number of phenolic OH excluding ortho intramolecular Hbond substituents is 1. The average molecular weight is 379 g/mol. The highest BCUT2D eigenvalue weighted by Gasteiger charge is 2.40. The molecular weight excluding hydrogens is 363 g/mol. The Hall–Kier alpha value is -3.00. The van der Waals surface area contributed by atoms with Gasteiger partial charge in [-0.25, -0.2) is 0 Å². The lowest BCUT2D eigenvalue weighted by molar-refractivity contribution is -0.154. The summed E-state index contributed by atoms with van der Waals surface area (Å²) in [6, 6.07) is 9.94. The molecule has 0 radical (unpaired) electrons. The lowest BCUT2D eigenvalue weighted by Crippen LogP contribution is -2.16. The highest BCUT2D eigenvalue weighted by atomic mass is 19.4. The topological polar surface area (TPSA) is 62.9 Å². The van der Waals surface area contributed by atoms with Crippen molar-refractivity contribution in [2.24, 2.45) is 0 Å². The molecular formula is C19H16F3NO4. The molecule has 0 spiro atoms. The predicted octanol–water partition coefficient (Wildman–Crippen LogP) is 4.37. The highest BCUT2D eigenvalue weighted by molar-refractivity contribution is 5.81. The van der Waals surface area contributed by atoms with E-state index in [1.807, 2.05) is 0 Å². The molecule has 5 nitrogen and oxygen atoms in total. The van der Waals surface area contributed by atoms with Crippen molar-refractivity contribution >= 4 is 11.0 Å². The van der Waals surface area contributed by atoms with E-state index < -0.39 is 23.1 Å². The van der Waals surface area contributed by atoms with Crippen LogP contribution in [0.15, 0.2) is 51.7 Å². The average Bonchev–Trinajstić information content (AvgIpc) is 2.58. The minimum atomic E-state index is -4.93. The van der Waals surface area contributed by atoms with E-state index in [0.717, 1.165) is 6.07 Å². The Morgan fingerprint density at radius 1 is 1.15 bits per heavy atom. The van der Waals surface area contributed by atoms with Gasteiger partial charge in [-0.05, 0) is 38.4 Å². The SMILES string of the molecule is CN(C)Cc1cc2oc(C(F)(F)F)c(Oc3ccccc3)c(=O)c2cc1O. The molecule has 0 fully saturated rings. The second-order valence-corrected chi connectivity index (χ2v) is 6.22. The zero-order valence-corrected chi connectivity index (χ0v) is 14.5. The summed E-state index contributed by atoms with van der Waals surface area (Å²) in [5.41, 5.74) is -0.956. The summed E-state index contributed by atoms with van der Waals surface area (Å²) < 4.78 is 50.6. The summed E-state index contributed by atoms with van der Waals surface area (Å²) in [6.07, 6.45) is -4.93. The summed E-state index contributed by atoms with van der Waals surface area (Å²) in [5.74, 6) is -2.65. The number of hydrogen-bond donors (Lipinski definition) is 1. The lowest BCUT2D eigenvalue weighted by atomic mass is 10.1. The van der Waals surface area contributed by atoms with Gasteiger partial charge in [-0.3, -0.25) is 4.79 Å². The van der Waals surface area contributed by atoms with Crippen molar-refractivity contribution in [1.82, 2.24) is 4.90 Å². The van der Waals surface area contributed by atoms with E-state index in [9.17, 15) is 23.1 Å².